The number of aromatic nitrogens is 2. The summed E-state index contributed by atoms with van der Waals surface area (Å²) >= 11 is 1.41. The highest BCUT2D eigenvalue weighted by atomic mass is 32.1. The molecule has 0 aliphatic carbocycles. The van der Waals surface area contributed by atoms with Crippen LogP contribution in [0.1, 0.15) is 18.4 Å². The van der Waals surface area contributed by atoms with Gasteiger partial charge in [0.15, 0.2) is 5.13 Å². The minimum absolute atomic E-state index is 0.145. The van der Waals surface area contributed by atoms with Gasteiger partial charge in [-0.3, -0.25) is 10.3 Å². The molecule has 0 aliphatic rings. The van der Waals surface area contributed by atoms with Gasteiger partial charge >= 0.3 is 6.03 Å². The highest BCUT2D eigenvalue weighted by Gasteiger charge is 2.16. The average Bonchev–Trinajstić information content (AvgIpc) is 3.20. The number of benzene rings is 1. The van der Waals surface area contributed by atoms with Crippen LogP contribution in [0, 0.1) is 0 Å². The molecule has 7 heteroatoms. The largest absolute Gasteiger partial charge is 0.385 e. The number of hydrogen-bond donors (Lipinski definition) is 1. The number of thiazole rings is 1. The van der Waals surface area contributed by atoms with E-state index in [1.54, 1.807) is 19.5 Å². The van der Waals surface area contributed by atoms with Crippen LogP contribution in [-0.4, -0.2) is 41.2 Å². The number of carbonyl (C=O) groups excluding carboxylic acids is 1. The van der Waals surface area contributed by atoms with Crippen LogP contribution < -0.4 is 5.32 Å². The first-order chi connectivity index (χ1) is 13.8. The number of unbranched alkanes of at least 4 members (excludes halogenated alkanes) is 1. The standard InChI is InChI=1S/C21H24N4O2S/c1-27-13-6-5-12-25(15-17-8-3-2-4-9-17)21(26)24-20-23-19(16-28-20)18-10-7-11-22-14-18/h2-4,7-11,14,16H,5-6,12-13,15H2,1H3,(H,23,24,26). The van der Waals surface area contributed by atoms with Crippen molar-refractivity contribution in [3.63, 3.8) is 0 Å². The molecule has 0 spiro atoms. The zero-order valence-electron chi connectivity index (χ0n) is 15.9. The summed E-state index contributed by atoms with van der Waals surface area (Å²) < 4.78 is 5.11. The van der Waals surface area contributed by atoms with E-state index in [1.165, 1.54) is 11.3 Å². The molecule has 0 saturated carbocycles. The van der Waals surface area contributed by atoms with Crippen LogP contribution in [0.2, 0.25) is 0 Å². The van der Waals surface area contributed by atoms with Crippen molar-refractivity contribution in [3.05, 3.63) is 65.8 Å². The second kappa shape index (κ2) is 10.5. The maximum atomic E-state index is 12.9. The lowest BCUT2D eigenvalue weighted by Crippen LogP contribution is -2.35. The molecular weight excluding hydrogens is 372 g/mol. The molecule has 0 atom stereocenters. The Morgan fingerprint density at radius 3 is 2.79 bits per heavy atom. The van der Waals surface area contributed by atoms with Gasteiger partial charge < -0.3 is 9.64 Å². The van der Waals surface area contributed by atoms with Crippen LogP contribution in [0.25, 0.3) is 11.3 Å². The molecule has 0 fully saturated rings. The molecule has 3 rings (SSSR count). The lowest BCUT2D eigenvalue weighted by Gasteiger charge is -2.22. The highest BCUT2D eigenvalue weighted by molar-refractivity contribution is 7.14. The van der Waals surface area contributed by atoms with Crippen molar-refractivity contribution in [1.82, 2.24) is 14.9 Å². The maximum Gasteiger partial charge on any atom is 0.323 e. The first-order valence-electron chi connectivity index (χ1n) is 9.21. The molecule has 2 aromatic heterocycles. The quantitative estimate of drug-likeness (QED) is 0.534. The molecular formula is C21H24N4O2S. The van der Waals surface area contributed by atoms with Crippen molar-refractivity contribution in [1.29, 1.82) is 0 Å². The average molecular weight is 397 g/mol. The number of ether oxygens (including phenoxy) is 1. The fourth-order valence-corrected chi connectivity index (χ4v) is 3.46. The first kappa shape index (κ1) is 20.0. The number of carbonyl (C=O) groups is 1. The van der Waals surface area contributed by atoms with E-state index in [1.807, 2.05) is 52.7 Å². The summed E-state index contributed by atoms with van der Waals surface area (Å²) in [5.41, 5.74) is 2.84. The Morgan fingerprint density at radius 1 is 1.18 bits per heavy atom. The van der Waals surface area contributed by atoms with Crippen molar-refractivity contribution in [2.75, 3.05) is 25.6 Å². The summed E-state index contributed by atoms with van der Waals surface area (Å²) in [6.07, 6.45) is 5.28. The molecule has 1 aromatic carbocycles. The van der Waals surface area contributed by atoms with Gasteiger partial charge in [-0.1, -0.05) is 30.3 Å². The molecule has 6 nitrogen and oxygen atoms in total. The van der Waals surface area contributed by atoms with Gasteiger partial charge in [0.2, 0.25) is 0 Å². The van der Waals surface area contributed by atoms with Crippen LogP contribution in [0.5, 0.6) is 0 Å². The highest BCUT2D eigenvalue weighted by Crippen LogP contribution is 2.24. The Morgan fingerprint density at radius 2 is 2.04 bits per heavy atom. The van der Waals surface area contributed by atoms with E-state index >= 15 is 0 Å². The van der Waals surface area contributed by atoms with Crippen molar-refractivity contribution < 1.29 is 9.53 Å². The number of methoxy groups -OCH3 is 1. The molecule has 0 radical (unpaired) electrons. The molecule has 2 heterocycles. The predicted octanol–water partition coefficient (Wildman–Crippen LogP) is 4.67. The first-order valence-corrected chi connectivity index (χ1v) is 10.1. The topological polar surface area (TPSA) is 67.3 Å². The molecule has 0 saturated heterocycles. The monoisotopic (exact) mass is 396 g/mol. The molecule has 28 heavy (non-hydrogen) atoms. The Balaban J connectivity index is 1.65. The smallest absolute Gasteiger partial charge is 0.323 e. The van der Waals surface area contributed by atoms with E-state index in [4.69, 9.17) is 4.74 Å². The summed E-state index contributed by atoms with van der Waals surface area (Å²) in [5, 5.41) is 5.44. The normalized spacial score (nSPS) is 10.6. The number of anilines is 1. The van der Waals surface area contributed by atoms with Gasteiger partial charge in [0.25, 0.3) is 0 Å². The van der Waals surface area contributed by atoms with Gasteiger partial charge in [-0.15, -0.1) is 11.3 Å². The van der Waals surface area contributed by atoms with E-state index in [9.17, 15) is 4.79 Å². The van der Waals surface area contributed by atoms with Gasteiger partial charge in [0, 0.05) is 50.1 Å². The van der Waals surface area contributed by atoms with Crippen molar-refractivity contribution in [3.8, 4) is 11.3 Å². The number of amides is 2. The Labute approximate surface area is 169 Å². The zero-order valence-corrected chi connectivity index (χ0v) is 16.7. The summed E-state index contributed by atoms with van der Waals surface area (Å²) in [7, 11) is 1.69. The van der Waals surface area contributed by atoms with Crippen LogP contribution in [0.15, 0.2) is 60.2 Å². The minimum Gasteiger partial charge on any atom is -0.385 e. The molecule has 2 amide bonds. The summed E-state index contributed by atoms with van der Waals surface area (Å²) in [6, 6.07) is 13.7. The second-order valence-electron chi connectivity index (χ2n) is 6.32. The van der Waals surface area contributed by atoms with Crippen LogP contribution in [0.3, 0.4) is 0 Å². The van der Waals surface area contributed by atoms with Crippen molar-refractivity contribution in [2.45, 2.75) is 19.4 Å². The van der Waals surface area contributed by atoms with Crippen molar-refractivity contribution >= 4 is 22.5 Å². The molecule has 0 bridgehead atoms. The summed E-state index contributed by atoms with van der Waals surface area (Å²) in [6.45, 7) is 1.91. The van der Waals surface area contributed by atoms with Gasteiger partial charge in [-0.25, -0.2) is 9.78 Å². The van der Waals surface area contributed by atoms with Gasteiger partial charge in [-0.2, -0.15) is 0 Å². The van der Waals surface area contributed by atoms with Crippen LogP contribution in [-0.2, 0) is 11.3 Å². The molecule has 1 N–H and O–H groups in total. The van der Waals surface area contributed by atoms with E-state index < -0.39 is 0 Å². The van der Waals surface area contributed by atoms with Crippen molar-refractivity contribution in [2.24, 2.45) is 0 Å². The van der Waals surface area contributed by atoms with E-state index in [0.717, 1.165) is 29.7 Å². The Kier molecular flexibility index (Phi) is 7.52. The fraction of sp³-hybridized carbons (Fsp3) is 0.286. The lowest BCUT2D eigenvalue weighted by molar-refractivity contribution is 0.182. The second-order valence-corrected chi connectivity index (χ2v) is 7.17. The number of nitrogens with zero attached hydrogens (tertiary/aromatic N) is 3. The van der Waals surface area contributed by atoms with Crippen LogP contribution in [0.4, 0.5) is 9.93 Å². The van der Waals surface area contributed by atoms with Crippen LogP contribution >= 0.6 is 11.3 Å². The predicted molar refractivity (Wildman–Crippen MR) is 112 cm³/mol. The number of pyridine rings is 1. The third kappa shape index (κ3) is 5.87. The lowest BCUT2D eigenvalue weighted by atomic mass is 10.2. The number of hydrogen-bond acceptors (Lipinski definition) is 5. The molecule has 146 valence electrons. The Bertz CT molecular complexity index is 855. The van der Waals surface area contributed by atoms with E-state index in [0.29, 0.717) is 24.8 Å². The molecule has 0 unspecified atom stereocenters. The van der Waals surface area contributed by atoms with Gasteiger partial charge in [-0.05, 0) is 30.5 Å². The maximum absolute atomic E-state index is 12.9. The van der Waals surface area contributed by atoms with Gasteiger partial charge in [0.05, 0.1) is 5.69 Å². The fourth-order valence-electron chi connectivity index (χ4n) is 2.75. The number of nitrogens with one attached hydrogen (secondary N) is 1. The minimum atomic E-state index is -0.145. The number of rotatable bonds is 9. The SMILES string of the molecule is COCCCCN(Cc1ccccc1)C(=O)Nc1nc(-c2cccnc2)cs1. The summed E-state index contributed by atoms with van der Waals surface area (Å²) in [5.74, 6) is 0. The van der Waals surface area contributed by atoms with E-state index in [2.05, 4.69) is 15.3 Å². The van der Waals surface area contributed by atoms with Gasteiger partial charge in [0.1, 0.15) is 0 Å². The third-order valence-corrected chi connectivity index (χ3v) is 4.96. The number of urea groups is 1. The third-order valence-electron chi connectivity index (χ3n) is 4.21. The van der Waals surface area contributed by atoms with E-state index in [-0.39, 0.29) is 6.03 Å². The summed E-state index contributed by atoms with van der Waals surface area (Å²) in [4.78, 5) is 23.3. The zero-order chi connectivity index (χ0) is 19.6. The molecule has 0 aliphatic heterocycles. The molecule has 3 aromatic rings. The Hall–Kier alpha value is -2.77.